The van der Waals surface area contributed by atoms with Gasteiger partial charge in [0, 0.05) is 17.5 Å². The van der Waals surface area contributed by atoms with Crippen LogP contribution in [0.5, 0.6) is 0 Å². The predicted octanol–water partition coefficient (Wildman–Crippen LogP) is 2.88. The molecule has 1 aliphatic carbocycles. The Labute approximate surface area is 133 Å². The maximum Gasteiger partial charge on any atom is 0.314 e. The minimum atomic E-state index is -3.40. The Balaban J connectivity index is 1.68. The van der Waals surface area contributed by atoms with Gasteiger partial charge in [-0.2, -0.15) is 0 Å². The van der Waals surface area contributed by atoms with Gasteiger partial charge in [-0.15, -0.1) is 0 Å². The summed E-state index contributed by atoms with van der Waals surface area (Å²) in [6, 6.07) is 0.990. The van der Waals surface area contributed by atoms with Gasteiger partial charge >= 0.3 is 5.22 Å². The van der Waals surface area contributed by atoms with Gasteiger partial charge in [0.2, 0.25) is 9.84 Å². The fourth-order valence-electron chi connectivity index (χ4n) is 4.25. The van der Waals surface area contributed by atoms with E-state index in [1.54, 1.807) is 0 Å². The van der Waals surface area contributed by atoms with Gasteiger partial charge < -0.3 is 4.42 Å². The maximum atomic E-state index is 12.5. The highest BCUT2D eigenvalue weighted by Crippen LogP contribution is 2.61. The SMILES string of the molecule is CCCCC[C@@H]1C[C@@]2(CS(=O)(=O)c3ncco3)C[C@H]2N1CC. The summed E-state index contributed by atoms with van der Waals surface area (Å²) in [5.41, 5.74) is -0.0554. The Morgan fingerprint density at radius 3 is 2.82 bits per heavy atom. The van der Waals surface area contributed by atoms with Gasteiger partial charge in [-0.25, -0.2) is 13.4 Å². The van der Waals surface area contributed by atoms with E-state index in [0.29, 0.717) is 12.1 Å². The molecule has 0 radical (unpaired) electrons. The van der Waals surface area contributed by atoms with E-state index in [2.05, 4.69) is 23.7 Å². The van der Waals surface area contributed by atoms with Gasteiger partial charge in [-0.1, -0.05) is 33.1 Å². The molecule has 1 saturated heterocycles. The van der Waals surface area contributed by atoms with Gasteiger partial charge in [-0.05, 0) is 25.8 Å². The van der Waals surface area contributed by atoms with Crippen LogP contribution in [0.4, 0.5) is 0 Å². The molecule has 0 bridgehead atoms. The third-order valence-electron chi connectivity index (χ3n) is 5.32. The Hall–Kier alpha value is -0.880. The van der Waals surface area contributed by atoms with Crippen LogP contribution in [0.3, 0.4) is 0 Å². The second kappa shape index (κ2) is 5.96. The summed E-state index contributed by atoms with van der Waals surface area (Å²) in [4.78, 5) is 6.36. The highest BCUT2D eigenvalue weighted by atomic mass is 32.2. The average Bonchev–Trinajstić information content (AvgIpc) is 2.89. The zero-order chi connectivity index (χ0) is 15.8. The van der Waals surface area contributed by atoms with Crippen molar-refractivity contribution in [3.8, 4) is 0 Å². The molecule has 22 heavy (non-hydrogen) atoms. The van der Waals surface area contributed by atoms with Gasteiger partial charge in [0.1, 0.15) is 6.26 Å². The molecule has 0 amide bonds. The quantitative estimate of drug-likeness (QED) is 0.687. The van der Waals surface area contributed by atoms with E-state index >= 15 is 0 Å². The van der Waals surface area contributed by atoms with Crippen LogP contribution in [0.25, 0.3) is 0 Å². The van der Waals surface area contributed by atoms with Crippen LogP contribution < -0.4 is 0 Å². The van der Waals surface area contributed by atoms with Gasteiger partial charge in [0.05, 0.1) is 11.9 Å². The molecule has 1 aliphatic heterocycles. The summed E-state index contributed by atoms with van der Waals surface area (Å²) < 4.78 is 30.0. The van der Waals surface area contributed by atoms with E-state index in [1.165, 1.54) is 38.1 Å². The van der Waals surface area contributed by atoms with Crippen molar-refractivity contribution < 1.29 is 12.8 Å². The molecule has 2 fully saturated rings. The highest BCUT2D eigenvalue weighted by molar-refractivity contribution is 7.91. The van der Waals surface area contributed by atoms with Crippen LogP contribution in [-0.4, -0.2) is 42.7 Å². The number of oxazole rings is 1. The Morgan fingerprint density at radius 2 is 2.18 bits per heavy atom. The first-order valence-corrected chi connectivity index (χ1v) is 10.1. The fraction of sp³-hybridized carbons (Fsp3) is 0.812. The lowest BCUT2D eigenvalue weighted by Gasteiger charge is -2.26. The van der Waals surface area contributed by atoms with Gasteiger partial charge in [0.15, 0.2) is 0 Å². The first kappa shape index (κ1) is 16.0. The number of hydrogen-bond donors (Lipinski definition) is 0. The number of fused-ring (bicyclic) bond motifs is 1. The van der Waals surface area contributed by atoms with Crippen LogP contribution in [0, 0.1) is 5.41 Å². The molecule has 1 saturated carbocycles. The minimum absolute atomic E-state index is 0.0554. The van der Waals surface area contributed by atoms with Crippen LogP contribution in [0.2, 0.25) is 0 Å². The standard InChI is InChI=1S/C16H26N2O3S/c1-3-5-6-7-13-10-16(11-14(16)18(13)4-2)12-22(19,20)15-17-8-9-21-15/h8-9,13-14H,3-7,10-12H2,1-2H3/t13-,14-,16+/m1/s1. The smallest absolute Gasteiger partial charge is 0.314 e. The third-order valence-corrected chi connectivity index (χ3v) is 7.01. The molecule has 0 N–H and O–H groups in total. The molecule has 3 rings (SSSR count). The Kier molecular flexibility index (Phi) is 4.34. The van der Waals surface area contributed by atoms with Crippen molar-refractivity contribution in [3.05, 3.63) is 12.5 Å². The number of likely N-dealkylation sites (tertiary alicyclic amines) is 1. The molecule has 6 heteroatoms. The number of rotatable bonds is 8. The number of sulfone groups is 1. The summed E-state index contributed by atoms with van der Waals surface area (Å²) in [7, 11) is -3.40. The highest BCUT2D eigenvalue weighted by Gasteiger charge is 2.65. The fourth-order valence-corrected chi connectivity index (χ4v) is 5.98. The van der Waals surface area contributed by atoms with E-state index < -0.39 is 9.84 Å². The molecule has 2 aliphatic rings. The molecule has 1 aromatic heterocycles. The zero-order valence-corrected chi connectivity index (χ0v) is 14.3. The second-order valence-corrected chi connectivity index (χ2v) is 8.69. The van der Waals surface area contributed by atoms with Crippen molar-refractivity contribution >= 4 is 9.84 Å². The Bertz CT molecular complexity index is 599. The lowest BCUT2D eigenvalue weighted by atomic mass is 9.98. The lowest BCUT2D eigenvalue weighted by molar-refractivity contribution is 0.215. The summed E-state index contributed by atoms with van der Waals surface area (Å²) >= 11 is 0. The molecular formula is C16H26N2O3S. The summed E-state index contributed by atoms with van der Waals surface area (Å²) in [6.45, 7) is 5.42. The summed E-state index contributed by atoms with van der Waals surface area (Å²) in [5, 5.41) is -0.120. The van der Waals surface area contributed by atoms with Crippen LogP contribution in [-0.2, 0) is 9.84 Å². The molecule has 2 heterocycles. The molecule has 3 atom stereocenters. The number of nitrogens with zero attached hydrogens (tertiary/aromatic N) is 2. The van der Waals surface area contributed by atoms with Crippen molar-refractivity contribution in [3.63, 3.8) is 0 Å². The van der Waals surface area contributed by atoms with E-state index in [-0.39, 0.29) is 16.4 Å². The predicted molar refractivity (Wildman–Crippen MR) is 84.3 cm³/mol. The van der Waals surface area contributed by atoms with Gasteiger partial charge in [-0.3, -0.25) is 4.90 Å². The topological polar surface area (TPSA) is 63.4 Å². The Morgan fingerprint density at radius 1 is 1.36 bits per heavy atom. The lowest BCUT2D eigenvalue weighted by Crippen LogP contribution is -2.32. The molecule has 5 nitrogen and oxygen atoms in total. The zero-order valence-electron chi connectivity index (χ0n) is 13.5. The first-order chi connectivity index (χ1) is 10.5. The molecular weight excluding hydrogens is 300 g/mol. The summed E-state index contributed by atoms with van der Waals surface area (Å²) in [6.07, 6.45) is 9.67. The van der Waals surface area contributed by atoms with Crippen molar-refractivity contribution in [2.45, 2.75) is 69.7 Å². The van der Waals surface area contributed by atoms with E-state index in [1.807, 2.05) is 0 Å². The number of hydrogen-bond acceptors (Lipinski definition) is 5. The molecule has 0 spiro atoms. The van der Waals surface area contributed by atoms with E-state index in [4.69, 9.17) is 4.42 Å². The normalized spacial score (nSPS) is 31.4. The van der Waals surface area contributed by atoms with Crippen molar-refractivity contribution in [2.24, 2.45) is 5.41 Å². The largest absolute Gasteiger partial charge is 0.437 e. The first-order valence-electron chi connectivity index (χ1n) is 8.40. The van der Waals surface area contributed by atoms with Crippen LogP contribution in [0.1, 0.15) is 52.4 Å². The number of unbranched alkanes of at least 4 members (excludes halogenated alkanes) is 2. The van der Waals surface area contributed by atoms with Crippen molar-refractivity contribution in [1.82, 2.24) is 9.88 Å². The van der Waals surface area contributed by atoms with E-state index in [0.717, 1.165) is 19.4 Å². The third kappa shape index (κ3) is 2.83. The monoisotopic (exact) mass is 326 g/mol. The van der Waals surface area contributed by atoms with Crippen LogP contribution in [0.15, 0.2) is 22.1 Å². The number of piperidine rings is 1. The van der Waals surface area contributed by atoms with E-state index in [9.17, 15) is 8.42 Å². The molecule has 0 aromatic carbocycles. The second-order valence-electron chi connectivity index (χ2n) is 6.82. The average molecular weight is 326 g/mol. The van der Waals surface area contributed by atoms with Crippen molar-refractivity contribution in [1.29, 1.82) is 0 Å². The van der Waals surface area contributed by atoms with Crippen LogP contribution >= 0.6 is 0 Å². The minimum Gasteiger partial charge on any atom is -0.437 e. The van der Waals surface area contributed by atoms with Crippen molar-refractivity contribution in [2.75, 3.05) is 12.3 Å². The molecule has 124 valence electrons. The summed E-state index contributed by atoms with van der Waals surface area (Å²) in [5.74, 6) is 0.186. The number of aromatic nitrogens is 1. The molecule has 0 unspecified atom stereocenters. The maximum absolute atomic E-state index is 12.5. The van der Waals surface area contributed by atoms with Gasteiger partial charge in [0.25, 0.3) is 0 Å². The molecule has 1 aromatic rings.